The van der Waals surface area contributed by atoms with Gasteiger partial charge < -0.3 is 25.7 Å². The van der Waals surface area contributed by atoms with E-state index in [1.165, 1.54) is 12.1 Å². The third-order valence-electron chi connectivity index (χ3n) is 4.40. The van der Waals surface area contributed by atoms with Gasteiger partial charge in [-0.05, 0) is 29.8 Å². The lowest BCUT2D eigenvalue weighted by Gasteiger charge is -2.13. The first-order valence-corrected chi connectivity index (χ1v) is 9.50. The summed E-state index contributed by atoms with van der Waals surface area (Å²) in [6.07, 6.45) is 2.77. The van der Waals surface area contributed by atoms with Crippen molar-refractivity contribution < 1.29 is 19.1 Å². The first-order chi connectivity index (χ1) is 15.0. The Kier molecular flexibility index (Phi) is 7.05. The SMILES string of the molecule is COc1cc(Cc2cnc(N)nc2N)ccc1OCCCOc1ccc([N+](=O)[O-])cc1. The number of benzene rings is 2. The summed E-state index contributed by atoms with van der Waals surface area (Å²) in [6.45, 7) is 0.829. The fourth-order valence-corrected chi connectivity index (χ4v) is 2.83. The van der Waals surface area contributed by atoms with Crippen LogP contribution in [0.15, 0.2) is 48.7 Å². The molecule has 0 amide bonds. The molecule has 0 fully saturated rings. The normalized spacial score (nSPS) is 10.5. The molecule has 3 aromatic rings. The summed E-state index contributed by atoms with van der Waals surface area (Å²) in [6, 6.07) is 11.6. The maximum Gasteiger partial charge on any atom is 0.269 e. The number of aromatic nitrogens is 2. The van der Waals surface area contributed by atoms with Gasteiger partial charge >= 0.3 is 0 Å². The molecule has 2 aromatic carbocycles. The summed E-state index contributed by atoms with van der Waals surface area (Å²) in [7, 11) is 1.57. The van der Waals surface area contributed by atoms with Crippen LogP contribution in [0.25, 0.3) is 0 Å². The van der Waals surface area contributed by atoms with E-state index in [1.807, 2.05) is 18.2 Å². The van der Waals surface area contributed by atoms with Gasteiger partial charge in [0.2, 0.25) is 5.95 Å². The number of nitro groups is 1. The summed E-state index contributed by atoms with van der Waals surface area (Å²) in [5.41, 5.74) is 13.2. The summed E-state index contributed by atoms with van der Waals surface area (Å²) < 4.78 is 16.8. The number of nitro benzene ring substituents is 1. The zero-order chi connectivity index (χ0) is 22.2. The van der Waals surface area contributed by atoms with Crippen LogP contribution in [0.5, 0.6) is 17.2 Å². The minimum absolute atomic E-state index is 0.0258. The van der Waals surface area contributed by atoms with Crippen molar-refractivity contribution in [2.45, 2.75) is 12.8 Å². The van der Waals surface area contributed by atoms with Gasteiger partial charge in [0.1, 0.15) is 11.6 Å². The Morgan fingerprint density at radius 1 is 1.03 bits per heavy atom. The van der Waals surface area contributed by atoms with E-state index in [9.17, 15) is 10.1 Å². The molecule has 0 spiro atoms. The van der Waals surface area contributed by atoms with Gasteiger partial charge in [-0.15, -0.1) is 0 Å². The quantitative estimate of drug-likeness (QED) is 0.284. The van der Waals surface area contributed by atoms with E-state index in [-0.39, 0.29) is 11.6 Å². The van der Waals surface area contributed by atoms with Crippen molar-refractivity contribution >= 4 is 17.5 Å². The summed E-state index contributed by atoms with van der Waals surface area (Å²) >= 11 is 0. The van der Waals surface area contributed by atoms with Gasteiger partial charge in [-0.2, -0.15) is 4.98 Å². The van der Waals surface area contributed by atoms with Gasteiger partial charge in [-0.3, -0.25) is 10.1 Å². The van der Waals surface area contributed by atoms with Gasteiger partial charge in [0.05, 0.1) is 25.2 Å². The van der Waals surface area contributed by atoms with Crippen molar-refractivity contribution in [1.82, 2.24) is 9.97 Å². The van der Waals surface area contributed by atoms with Crippen molar-refractivity contribution in [3.05, 3.63) is 69.9 Å². The van der Waals surface area contributed by atoms with E-state index in [1.54, 1.807) is 25.4 Å². The largest absolute Gasteiger partial charge is 0.493 e. The topological polar surface area (TPSA) is 149 Å². The van der Waals surface area contributed by atoms with Crippen molar-refractivity contribution in [3.63, 3.8) is 0 Å². The van der Waals surface area contributed by atoms with E-state index in [2.05, 4.69) is 9.97 Å². The van der Waals surface area contributed by atoms with Crippen molar-refractivity contribution in [2.24, 2.45) is 0 Å². The van der Waals surface area contributed by atoms with Gasteiger partial charge in [-0.1, -0.05) is 6.07 Å². The maximum absolute atomic E-state index is 10.7. The van der Waals surface area contributed by atoms with Crippen LogP contribution in [0.4, 0.5) is 17.5 Å². The maximum atomic E-state index is 10.7. The second kappa shape index (κ2) is 10.1. The fraction of sp³-hybridized carbons (Fsp3) is 0.238. The highest BCUT2D eigenvalue weighted by molar-refractivity contribution is 5.48. The number of non-ortho nitro benzene ring substituents is 1. The Hall–Kier alpha value is -4.08. The number of ether oxygens (including phenoxy) is 3. The van der Waals surface area contributed by atoms with E-state index in [0.717, 1.165) is 11.1 Å². The second-order valence-corrected chi connectivity index (χ2v) is 6.60. The standard InChI is InChI=1S/C21H23N5O5/c1-29-19-12-14(11-15-13-24-21(23)25-20(15)22)3-8-18(19)31-10-2-9-30-17-6-4-16(5-7-17)26(27)28/h3-8,12-13H,2,9-11H2,1H3,(H4,22,23,24,25). The predicted molar refractivity (Wildman–Crippen MR) is 115 cm³/mol. The minimum Gasteiger partial charge on any atom is -0.493 e. The molecule has 0 saturated heterocycles. The van der Waals surface area contributed by atoms with E-state index in [4.69, 9.17) is 25.7 Å². The highest BCUT2D eigenvalue weighted by Crippen LogP contribution is 2.29. The van der Waals surface area contributed by atoms with E-state index < -0.39 is 4.92 Å². The molecule has 10 nitrogen and oxygen atoms in total. The molecule has 162 valence electrons. The molecule has 4 N–H and O–H groups in total. The van der Waals surface area contributed by atoms with Crippen LogP contribution in [0.1, 0.15) is 17.5 Å². The van der Waals surface area contributed by atoms with E-state index in [0.29, 0.717) is 49.1 Å². The van der Waals surface area contributed by atoms with Crippen molar-refractivity contribution in [1.29, 1.82) is 0 Å². The number of hydrogen-bond acceptors (Lipinski definition) is 9. The minimum atomic E-state index is -0.450. The average Bonchev–Trinajstić information content (AvgIpc) is 2.76. The number of nitrogens with zero attached hydrogens (tertiary/aromatic N) is 3. The molecule has 0 aliphatic heterocycles. The molecule has 0 aliphatic rings. The number of anilines is 2. The number of nitrogens with two attached hydrogens (primary N) is 2. The summed E-state index contributed by atoms with van der Waals surface area (Å²) in [4.78, 5) is 18.2. The van der Waals surface area contributed by atoms with Crippen LogP contribution in [0, 0.1) is 10.1 Å². The van der Waals surface area contributed by atoms with Crippen LogP contribution in [0.3, 0.4) is 0 Å². The number of methoxy groups -OCH3 is 1. The Morgan fingerprint density at radius 3 is 2.45 bits per heavy atom. The predicted octanol–water partition coefficient (Wildman–Crippen LogP) is 3.00. The zero-order valence-corrected chi connectivity index (χ0v) is 17.0. The molecule has 0 bridgehead atoms. The highest BCUT2D eigenvalue weighted by Gasteiger charge is 2.09. The molecule has 31 heavy (non-hydrogen) atoms. The van der Waals surface area contributed by atoms with Crippen LogP contribution in [-0.2, 0) is 6.42 Å². The zero-order valence-electron chi connectivity index (χ0n) is 17.0. The first-order valence-electron chi connectivity index (χ1n) is 9.50. The number of hydrogen-bond donors (Lipinski definition) is 2. The Balaban J connectivity index is 1.50. The van der Waals surface area contributed by atoms with Gasteiger partial charge in [0.15, 0.2) is 11.5 Å². The molecular formula is C21H23N5O5. The van der Waals surface area contributed by atoms with Crippen LogP contribution >= 0.6 is 0 Å². The molecule has 0 radical (unpaired) electrons. The third kappa shape index (κ3) is 5.95. The Morgan fingerprint density at radius 2 is 1.77 bits per heavy atom. The summed E-state index contributed by atoms with van der Waals surface area (Å²) in [5, 5.41) is 10.7. The average molecular weight is 425 g/mol. The molecule has 1 aromatic heterocycles. The monoisotopic (exact) mass is 425 g/mol. The molecule has 10 heteroatoms. The molecule has 3 rings (SSSR count). The highest BCUT2D eigenvalue weighted by atomic mass is 16.6. The van der Waals surface area contributed by atoms with Crippen LogP contribution < -0.4 is 25.7 Å². The lowest BCUT2D eigenvalue weighted by Crippen LogP contribution is -2.06. The Labute approximate surface area is 178 Å². The third-order valence-corrected chi connectivity index (χ3v) is 4.40. The lowest BCUT2D eigenvalue weighted by molar-refractivity contribution is -0.384. The molecule has 0 aliphatic carbocycles. The molecule has 0 unspecified atom stereocenters. The first kappa shape index (κ1) is 21.6. The van der Waals surface area contributed by atoms with Gasteiger partial charge in [0.25, 0.3) is 5.69 Å². The molecule has 1 heterocycles. The molecular weight excluding hydrogens is 402 g/mol. The van der Waals surface area contributed by atoms with Crippen LogP contribution in [0.2, 0.25) is 0 Å². The number of nitrogen functional groups attached to an aromatic ring is 2. The number of rotatable bonds is 10. The lowest BCUT2D eigenvalue weighted by atomic mass is 10.1. The van der Waals surface area contributed by atoms with E-state index >= 15 is 0 Å². The van der Waals surface area contributed by atoms with Crippen LogP contribution in [-0.4, -0.2) is 35.2 Å². The Bertz CT molecular complexity index is 1040. The van der Waals surface area contributed by atoms with Gasteiger partial charge in [0, 0.05) is 36.7 Å². The van der Waals surface area contributed by atoms with Crippen molar-refractivity contribution in [2.75, 3.05) is 31.8 Å². The fourth-order valence-electron chi connectivity index (χ4n) is 2.83. The molecule has 0 saturated carbocycles. The second-order valence-electron chi connectivity index (χ2n) is 6.60. The smallest absolute Gasteiger partial charge is 0.269 e. The summed E-state index contributed by atoms with van der Waals surface area (Å²) in [5.74, 6) is 2.27. The van der Waals surface area contributed by atoms with Crippen molar-refractivity contribution in [3.8, 4) is 17.2 Å². The van der Waals surface area contributed by atoms with Gasteiger partial charge in [-0.25, -0.2) is 4.98 Å². The molecule has 0 atom stereocenters.